The Morgan fingerprint density at radius 2 is 1.76 bits per heavy atom. The van der Waals surface area contributed by atoms with Gasteiger partial charge in [-0.1, -0.05) is 0 Å². The Morgan fingerprint density at radius 3 is 2.45 bits per heavy atom. The minimum Gasteiger partial charge on any atom is -0.497 e. The fourth-order valence-corrected chi connectivity index (χ4v) is 5.10. The van der Waals surface area contributed by atoms with Gasteiger partial charge in [-0.15, -0.1) is 22.7 Å². The van der Waals surface area contributed by atoms with Crippen LogP contribution in [0.15, 0.2) is 35.0 Å². The number of hydrogen-bond acceptors (Lipinski definition) is 7. The molecule has 7 nitrogen and oxygen atoms in total. The Labute approximate surface area is 201 Å². The molecular weight excluding hydrogens is 456 g/mol. The summed E-state index contributed by atoms with van der Waals surface area (Å²) in [5.74, 6) is 1.34. The Morgan fingerprint density at radius 1 is 1.00 bits per heavy atom. The zero-order chi connectivity index (χ0) is 23.5. The van der Waals surface area contributed by atoms with E-state index in [4.69, 9.17) is 9.47 Å². The molecule has 0 saturated carbocycles. The molecule has 0 fully saturated rings. The number of nitrogens with one attached hydrogen (secondary N) is 1. The molecule has 4 rings (SSSR count). The van der Waals surface area contributed by atoms with E-state index in [0.717, 1.165) is 38.9 Å². The molecule has 0 saturated heterocycles. The van der Waals surface area contributed by atoms with Crippen LogP contribution in [0, 0.1) is 20.8 Å². The molecular formula is C24H26N4O3S2. The van der Waals surface area contributed by atoms with E-state index in [2.05, 4.69) is 45.1 Å². The lowest BCUT2D eigenvalue weighted by Gasteiger charge is -2.09. The number of carbonyl (C=O) groups excluding carboxylic acids is 1. The van der Waals surface area contributed by atoms with Crippen LogP contribution in [0.5, 0.6) is 11.5 Å². The summed E-state index contributed by atoms with van der Waals surface area (Å²) in [7, 11) is 3.24. The molecule has 0 radical (unpaired) electrons. The van der Waals surface area contributed by atoms with Crippen molar-refractivity contribution in [2.75, 3.05) is 19.5 Å². The second-order valence-corrected chi connectivity index (χ2v) is 9.51. The number of nitrogens with zero attached hydrogens (tertiary/aromatic N) is 3. The number of rotatable bonds is 8. The maximum atomic E-state index is 12.6. The highest BCUT2D eigenvalue weighted by Gasteiger charge is 2.16. The topological polar surface area (TPSA) is 78.3 Å². The highest BCUT2D eigenvalue weighted by Crippen LogP contribution is 2.35. The first-order valence-electron chi connectivity index (χ1n) is 10.5. The van der Waals surface area contributed by atoms with Gasteiger partial charge in [-0.05, 0) is 45.0 Å². The van der Waals surface area contributed by atoms with E-state index < -0.39 is 0 Å². The predicted molar refractivity (Wildman–Crippen MR) is 134 cm³/mol. The highest BCUT2D eigenvalue weighted by atomic mass is 32.1. The van der Waals surface area contributed by atoms with Crippen LogP contribution in [-0.4, -0.2) is 34.7 Å². The number of aryl methyl sites for hydroxylation is 2. The highest BCUT2D eigenvalue weighted by molar-refractivity contribution is 7.14. The van der Waals surface area contributed by atoms with Crippen LogP contribution in [0.2, 0.25) is 0 Å². The van der Waals surface area contributed by atoms with Gasteiger partial charge < -0.3 is 19.4 Å². The monoisotopic (exact) mass is 482 g/mol. The summed E-state index contributed by atoms with van der Waals surface area (Å²) in [5, 5.41) is 8.49. The van der Waals surface area contributed by atoms with Gasteiger partial charge >= 0.3 is 0 Å². The van der Waals surface area contributed by atoms with Crippen LogP contribution in [0.4, 0.5) is 5.13 Å². The molecule has 0 aliphatic rings. The van der Waals surface area contributed by atoms with Crippen molar-refractivity contribution < 1.29 is 14.3 Å². The van der Waals surface area contributed by atoms with Crippen molar-refractivity contribution in [1.82, 2.24) is 14.5 Å². The first kappa shape index (κ1) is 23.0. The largest absolute Gasteiger partial charge is 0.497 e. The van der Waals surface area contributed by atoms with Crippen molar-refractivity contribution in [3.63, 3.8) is 0 Å². The van der Waals surface area contributed by atoms with Gasteiger partial charge in [0, 0.05) is 46.2 Å². The molecule has 4 aromatic rings. The smallest absolute Gasteiger partial charge is 0.227 e. The zero-order valence-electron chi connectivity index (χ0n) is 19.3. The van der Waals surface area contributed by atoms with Gasteiger partial charge in [-0.2, -0.15) is 0 Å². The van der Waals surface area contributed by atoms with E-state index >= 15 is 0 Å². The molecule has 0 atom stereocenters. The molecule has 0 aliphatic carbocycles. The molecule has 0 unspecified atom stereocenters. The van der Waals surface area contributed by atoms with Crippen LogP contribution < -0.4 is 14.8 Å². The van der Waals surface area contributed by atoms with Gasteiger partial charge in [0.05, 0.1) is 30.6 Å². The molecule has 33 heavy (non-hydrogen) atoms. The van der Waals surface area contributed by atoms with Crippen molar-refractivity contribution >= 4 is 33.7 Å². The van der Waals surface area contributed by atoms with Crippen LogP contribution in [0.3, 0.4) is 0 Å². The number of benzene rings is 1. The molecule has 3 heterocycles. The summed E-state index contributed by atoms with van der Waals surface area (Å²) in [6, 6.07) is 7.69. The zero-order valence-corrected chi connectivity index (χ0v) is 20.9. The first-order valence-corrected chi connectivity index (χ1v) is 12.2. The maximum Gasteiger partial charge on any atom is 0.227 e. The van der Waals surface area contributed by atoms with Crippen molar-refractivity contribution in [2.45, 2.75) is 33.7 Å². The summed E-state index contributed by atoms with van der Waals surface area (Å²) in [6.45, 7) is 6.73. The number of amides is 1. The van der Waals surface area contributed by atoms with E-state index in [-0.39, 0.29) is 5.91 Å². The second kappa shape index (κ2) is 9.76. The third-order valence-electron chi connectivity index (χ3n) is 5.46. The Hall–Kier alpha value is -3.17. The summed E-state index contributed by atoms with van der Waals surface area (Å²) < 4.78 is 12.9. The van der Waals surface area contributed by atoms with Crippen molar-refractivity contribution in [2.24, 2.45) is 0 Å². The minimum atomic E-state index is -0.0768. The predicted octanol–water partition coefficient (Wildman–Crippen LogP) is 5.71. The lowest BCUT2D eigenvalue weighted by Crippen LogP contribution is -2.15. The molecule has 3 aromatic heterocycles. The van der Waals surface area contributed by atoms with Gasteiger partial charge in [0.2, 0.25) is 5.91 Å². The average molecular weight is 483 g/mol. The number of carbonyl (C=O) groups is 1. The summed E-state index contributed by atoms with van der Waals surface area (Å²) in [6.07, 6.45) is 0.350. The number of ether oxygens (including phenoxy) is 2. The molecule has 0 aliphatic heterocycles. The quantitative estimate of drug-likeness (QED) is 0.348. The number of methoxy groups -OCH3 is 2. The van der Waals surface area contributed by atoms with Crippen LogP contribution in [0.1, 0.15) is 22.8 Å². The molecule has 9 heteroatoms. The standard InChI is InChI=1S/C24H26N4O3S2/c1-14-10-18(20-12-32-16(3)25-20)15(2)28(14)9-8-23(29)27-24-26-21(13-33-24)19-11-17(30-4)6-7-22(19)31-5/h6-7,10-13H,8-9H2,1-5H3,(H,26,27,29). The average Bonchev–Trinajstić information content (AvgIpc) is 3.51. The number of anilines is 1. The first-order chi connectivity index (χ1) is 15.9. The molecule has 1 aromatic carbocycles. The third-order valence-corrected chi connectivity index (χ3v) is 7.00. The molecule has 0 spiro atoms. The van der Waals surface area contributed by atoms with Crippen LogP contribution >= 0.6 is 22.7 Å². The molecule has 1 amide bonds. The van der Waals surface area contributed by atoms with E-state index in [1.165, 1.54) is 11.3 Å². The van der Waals surface area contributed by atoms with Gasteiger partial charge in [0.1, 0.15) is 11.5 Å². The maximum absolute atomic E-state index is 12.6. The summed E-state index contributed by atoms with van der Waals surface area (Å²) >= 11 is 3.03. The molecule has 172 valence electrons. The van der Waals surface area contributed by atoms with Gasteiger partial charge in [-0.3, -0.25) is 4.79 Å². The lowest BCUT2D eigenvalue weighted by atomic mass is 10.1. The van der Waals surface area contributed by atoms with Crippen LogP contribution in [-0.2, 0) is 11.3 Å². The minimum absolute atomic E-state index is 0.0768. The van der Waals surface area contributed by atoms with E-state index in [9.17, 15) is 4.79 Å². The molecule has 0 bridgehead atoms. The summed E-state index contributed by atoms with van der Waals surface area (Å²) in [5.41, 5.74) is 5.89. The number of aromatic nitrogens is 3. The number of thiazole rings is 2. The third kappa shape index (κ3) is 4.94. The SMILES string of the molecule is COc1ccc(OC)c(-c2csc(NC(=O)CCn3c(C)cc(-c4csc(C)n4)c3C)n2)c1. The van der Waals surface area contributed by atoms with E-state index in [0.29, 0.717) is 29.6 Å². The van der Waals surface area contributed by atoms with Crippen molar-refractivity contribution in [1.29, 1.82) is 0 Å². The fourth-order valence-electron chi connectivity index (χ4n) is 3.76. The van der Waals surface area contributed by atoms with E-state index in [1.807, 2.05) is 30.5 Å². The molecule has 1 N–H and O–H groups in total. The Balaban J connectivity index is 1.43. The fraction of sp³-hybridized carbons (Fsp3) is 0.292. The lowest BCUT2D eigenvalue weighted by molar-refractivity contribution is -0.116. The van der Waals surface area contributed by atoms with Crippen molar-refractivity contribution in [3.8, 4) is 34.0 Å². The van der Waals surface area contributed by atoms with Crippen LogP contribution in [0.25, 0.3) is 22.5 Å². The number of hydrogen-bond donors (Lipinski definition) is 1. The second-order valence-electron chi connectivity index (χ2n) is 7.59. The van der Waals surface area contributed by atoms with E-state index in [1.54, 1.807) is 25.6 Å². The Kier molecular flexibility index (Phi) is 6.80. The van der Waals surface area contributed by atoms with Gasteiger partial charge in [-0.25, -0.2) is 9.97 Å². The normalized spacial score (nSPS) is 10.9. The Bertz CT molecular complexity index is 1290. The van der Waals surface area contributed by atoms with Gasteiger partial charge in [0.15, 0.2) is 5.13 Å². The summed E-state index contributed by atoms with van der Waals surface area (Å²) in [4.78, 5) is 21.8. The van der Waals surface area contributed by atoms with Crippen molar-refractivity contribution in [3.05, 3.63) is 51.4 Å². The van der Waals surface area contributed by atoms with Gasteiger partial charge in [0.25, 0.3) is 0 Å².